The van der Waals surface area contributed by atoms with Crippen LogP contribution < -0.4 is 27.2 Å². The van der Waals surface area contributed by atoms with Crippen LogP contribution >= 0.6 is 0 Å². The number of carboxylic acids is 1. The second kappa shape index (κ2) is 18.9. The Labute approximate surface area is 264 Å². The average molecular weight is 644 g/mol. The van der Waals surface area contributed by atoms with Crippen molar-refractivity contribution in [3.63, 3.8) is 0 Å². The number of nitrogens with zero attached hydrogens (tertiary/aromatic N) is 1. The zero-order chi connectivity index (χ0) is 33.3. The maximum Gasteiger partial charge on any atom is 0.326 e. The first-order chi connectivity index (χ1) is 22.2. The highest BCUT2D eigenvalue weighted by Gasteiger charge is 2.22. The monoisotopic (exact) mass is 643 g/mol. The highest BCUT2D eigenvalue weighted by molar-refractivity contribution is 5.96. The molecule has 2 aromatic heterocycles. The summed E-state index contributed by atoms with van der Waals surface area (Å²) in [6.45, 7) is 4.07. The van der Waals surface area contributed by atoms with Crippen molar-refractivity contribution in [2.75, 3.05) is 58.5 Å². The van der Waals surface area contributed by atoms with Crippen molar-refractivity contribution >= 4 is 40.7 Å². The first kappa shape index (κ1) is 35.7. The molecule has 3 amide bonds. The molecule has 8 N–H and O–H groups in total. The minimum absolute atomic E-state index is 0.0168. The van der Waals surface area contributed by atoms with Gasteiger partial charge in [-0.05, 0) is 49.4 Å². The molecule has 0 aliphatic rings. The largest absolute Gasteiger partial charge is 0.480 e. The first-order valence-corrected chi connectivity index (χ1v) is 14.9. The van der Waals surface area contributed by atoms with Gasteiger partial charge in [0.05, 0.1) is 31.8 Å². The van der Waals surface area contributed by atoms with Crippen molar-refractivity contribution in [3.05, 3.63) is 57.5 Å². The summed E-state index contributed by atoms with van der Waals surface area (Å²) in [5.74, 6) is -2.37. The van der Waals surface area contributed by atoms with Crippen LogP contribution in [0.2, 0.25) is 0 Å². The van der Waals surface area contributed by atoms with E-state index in [0.29, 0.717) is 56.8 Å². The van der Waals surface area contributed by atoms with Crippen molar-refractivity contribution in [3.8, 4) is 0 Å². The van der Waals surface area contributed by atoms with Gasteiger partial charge in [-0.3, -0.25) is 24.2 Å². The number of ether oxygens (including phenoxy) is 3. The predicted octanol–water partition coefficient (Wildman–Crippen LogP) is -0.116. The predicted molar refractivity (Wildman–Crippen MR) is 167 cm³/mol. The molecule has 0 saturated carbocycles. The molecule has 0 aliphatic heterocycles. The molecule has 46 heavy (non-hydrogen) atoms. The molecule has 0 radical (unpaired) electrons. The number of carbonyl (C=O) groups excluding carboxylic acids is 3. The molecule has 0 fully saturated rings. The number of rotatable bonds is 21. The van der Waals surface area contributed by atoms with Crippen LogP contribution in [0.4, 0.5) is 5.95 Å². The number of amides is 3. The molecule has 0 saturated heterocycles. The Balaban J connectivity index is 1.31. The number of aromatic nitrogens is 3. The molecule has 0 aliphatic carbocycles. The molecule has 0 spiro atoms. The van der Waals surface area contributed by atoms with Crippen molar-refractivity contribution in [1.82, 2.24) is 30.9 Å². The minimum atomic E-state index is -1.25. The average Bonchev–Trinajstić information content (AvgIpc) is 3.44. The number of H-pyrrole nitrogens is 2. The van der Waals surface area contributed by atoms with Crippen LogP contribution in [0.25, 0.3) is 11.0 Å². The third-order valence-corrected chi connectivity index (χ3v) is 6.75. The Morgan fingerprint density at radius 3 is 2.28 bits per heavy atom. The maximum absolute atomic E-state index is 12.7. The van der Waals surface area contributed by atoms with Gasteiger partial charge in [0.2, 0.25) is 17.8 Å². The van der Waals surface area contributed by atoms with E-state index in [1.54, 1.807) is 37.4 Å². The van der Waals surface area contributed by atoms with Gasteiger partial charge in [-0.2, -0.15) is 4.98 Å². The molecule has 250 valence electrons. The number of anilines is 1. The van der Waals surface area contributed by atoms with E-state index in [2.05, 4.69) is 30.9 Å². The highest BCUT2D eigenvalue weighted by atomic mass is 16.5. The summed E-state index contributed by atoms with van der Waals surface area (Å²) in [7, 11) is 0. The van der Waals surface area contributed by atoms with E-state index < -0.39 is 17.9 Å². The lowest BCUT2D eigenvalue weighted by Crippen LogP contribution is -2.41. The summed E-state index contributed by atoms with van der Waals surface area (Å²) in [4.78, 5) is 69.8. The summed E-state index contributed by atoms with van der Waals surface area (Å²) in [6, 6.07) is 5.44. The van der Waals surface area contributed by atoms with Crippen molar-refractivity contribution in [2.45, 2.75) is 38.6 Å². The van der Waals surface area contributed by atoms with E-state index in [9.17, 15) is 29.1 Å². The van der Waals surface area contributed by atoms with Crippen LogP contribution in [-0.4, -0.2) is 103 Å². The number of aliphatic carboxylic acids is 1. The van der Waals surface area contributed by atoms with Gasteiger partial charge in [-0.15, -0.1) is 0 Å². The van der Waals surface area contributed by atoms with Crippen molar-refractivity contribution in [1.29, 1.82) is 0 Å². The lowest BCUT2D eigenvalue weighted by Gasteiger charge is -2.15. The lowest BCUT2D eigenvalue weighted by molar-refractivity contribution is -0.139. The van der Waals surface area contributed by atoms with Crippen molar-refractivity contribution in [2.24, 2.45) is 0 Å². The Bertz CT molecular complexity index is 1500. The van der Waals surface area contributed by atoms with E-state index in [4.69, 9.17) is 19.9 Å². The third kappa shape index (κ3) is 11.9. The molecule has 0 bridgehead atoms. The van der Waals surface area contributed by atoms with E-state index in [1.165, 1.54) is 0 Å². The molecule has 16 heteroatoms. The zero-order valence-corrected chi connectivity index (χ0v) is 25.7. The zero-order valence-electron chi connectivity index (χ0n) is 25.7. The second-order valence-corrected chi connectivity index (χ2v) is 10.2. The number of nitrogens with one attached hydrogen (secondary N) is 5. The number of nitrogen functional groups attached to an aromatic ring is 1. The van der Waals surface area contributed by atoms with Gasteiger partial charge >= 0.3 is 5.97 Å². The Morgan fingerprint density at radius 2 is 1.63 bits per heavy atom. The molecule has 1 aromatic carbocycles. The number of carbonyl (C=O) groups is 4. The van der Waals surface area contributed by atoms with E-state index >= 15 is 0 Å². The molecule has 3 aromatic rings. The summed E-state index contributed by atoms with van der Waals surface area (Å²) >= 11 is 0. The lowest BCUT2D eigenvalue weighted by atomic mass is 10.0. The Hall–Kier alpha value is -4.80. The van der Waals surface area contributed by atoms with Crippen LogP contribution in [0.15, 0.2) is 35.3 Å². The summed E-state index contributed by atoms with van der Waals surface area (Å²) < 4.78 is 15.7. The Morgan fingerprint density at radius 1 is 0.957 bits per heavy atom. The molecular formula is C30H41N7O9. The second-order valence-electron chi connectivity index (χ2n) is 10.2. The third-order valence-electron chi connectivity index (χ3n) is 6.75. The van der Waals surface area contributed by atoms with Gasteiger partial charge in [-0.1, -0.05) is 12.1 Å². The SMILES string of the molecule is CCOCC(=O)NCCOCCOCCNC(=O)CC[C@@H](NC(=O)c1ccc(CCc2c[nH]c3nc(N)[nH]c(=O)c23)cc1)C(=O)O. The fourth-order valence-electron chi connectivity index (χ4n) is 4.38. The van der Waals surface area contributed by atoms with Gasteiger partial charge in [0.25, 0.3) is 11.5 Å². The Kier molecular flexibility index (Phi) is 14.6. The number of benzene rings is 1. The van der Waals surface area contributed by atoms with Gasteiger partial charge in [0, 0.05) is 37.9 Å². The van der Waals surface area contributed by atoms with Gasteiger partial charge < -0.3 is 46.0 Å². The number of hydrogen-bond donors (Lipinski definition) is 7. The molecule has 1 atom stereocenters. The van der Waals surface area contributed by atoms with E-state index in [0.717, 1.165) is 11.1 Å². The summed E-state index contributed by atoms with van der Waals surface area (Å²) in [6.07, 6.45) is 2.64. The number of carboxylic acid groups (broad SMARTS) is 1. The van der Waals surface area contributed by atoms with Crippen LogP contribution in [0, 0.1) is 0 Å². The molecule has 3 rings (SSSR count). The van der Waals surface area contributed by atoms with E-state index in [-0.39, 0.29) is 61.5 Å². The molecule has 16 nitrogen and oxygen atoms in total. The van der Waals surface area contributed by atoms with Gasteiger partial charge in [0.1, 0.15) is 18.3 Å². The number of aromatic amines is 2. The number of fused-ring (bicyclic) bond motifs is 1. The standard InChI is InChI=1S/C30H41N7O9/c1-2-44-18-24(39)33-12-14-46-16-15-45-13-11-32-23(38)10-9-22(29(42)43)35-27(40)20-6-3-19(4-7-20)5-8-21-17-34-26-25(21)28(41)37-30(31)36-26/h3-4,6-7,17,22H,2,5,8-16,18H2,1H3,(H,32,38)(H,33,39)(H,35,40)(H,42,43)(H4,31,34,36,37,41)/t22-/m1/s1. The first-order valence-electron chi connectivity index (χ1n) is 14.9. The van der Waals surface area contributed by atoms with Crippen LogP contribution in [0.1, 0.15) is 41.3 Å². The number of nitrogens with two attached hydrogens (primary N) is 1. The van der Waals surface area contributed by atoms with Crippen LogP contribution in [0.3, 0.4) is 0 Å². The molecule has 0 unspecified atom stereocenters. The van der Waals surface area contributed by atoms with E-state index in [1.807, 2.05) is 0 Å². The van der Waals surface area contributed by atoms with Crippen LogP contribution in [-0.2, 0) is 41.4 Å². The number of aryl methyl sites for hydroxylation is 2. The summed E-state index contributed by atoms with van der Waals surface area (Å²) in [5, 5.41) is 17.8. The van der Waals surface area contributed by atoms with Crippen LogP contribution in [0.5, 0.6) is 0 Å². The van der Waals surface area contributed by atoms with Gasteiger partial charge in [-0.25, -0.2) is 4.79 Å². The highest BCUT2D eigenvalue weighted by Crippen LogP contribution is 2.16. The van der Waals surface area contributed by atoms with Gasteiger partial charge in [0.15, 0.2) is 0 Å². The van der Waals surface area contributed by atoms with Crippen molar-refractivity contribution < 1.29 is 38.5 Å². The topological polar surface area (TPSA) is 240 Å². The maximum atomic E-state index is 12.7. The minimum Gasteiger partial charge on any atom is -0.480 e. The fourth-order valence-corrected chi connectivity index (χ4v) is 4.38. The summed E-state index contributed by atoms with van der Waals surface area (Å²) in [5.41, 5.74) is 7.64. The fraction of sp³-hybridized carbons (Fsp3) is 0.467. The molecule has 2 heterocycles. The smallest absolute Gasteiger partial charge is 0.326 e. The quantitative estimate of drug-likeness (QED) is 0.0755. The number of hydrogen-bond acceptors (Lipinski definition) is 10. The normalized spacial score (nSPS) is 11.7. The molecular weight excluding hydrogens is 602 g/mol.